The molecule has 0 fully saturated rings. The highest BCUT2D eigenvalue weighted by atomic mass is 32.2. The number of sulfone groups is 1. The molecular formula is C12H14N2O5S2. The topological polar surface area (TPSA) is 119 Å². The number of primary sulfonamides is 1. The van der Waals surface area contributed by atoms with Crippen LogP contribution in [0, 0.1) is 0 Å². The second-order valence-corrected chi connectivity index (χ2v) is 7.92. The van der Waals surface area contributed by atoms with Gasteiger partial charge < -0.3 is 9.73 Å². The number of hydrogen-bond donors (Lipinski definition) is 2. The molecule has 2 rings (SSSR count). The lowest BCUT2D eigenvalue weighted by Crippen LogP contribution is -2.10. The molecule has 1 heterocycles. The SMILES string of the molecule is CS(=O)(=O)c1ccc(NCc2ccc(S(N)(=O)=O)o2)cc1. The maximum Gasteiger partial charge on any atom is 0.271 e. The highest BCUT2D eigenvalue weighted by molar-refractivity contribution is 7.90. The van der Waals surface area contributed by atoms with Crippen molar-refractivity contribution in [2.75, 3.05) is 11.6 Å². The fourth-order valence-electron chi connectivity index (χ4n) is 1.62. The average Bonchev–Trinajstić information content (AvgIpc) is 2.84. The van der Waals surface area contributed by atoms with E-state index in [1.165, 1.54) is 24.3 Å². The first kappa shape index (κ1) is 15.5. The number of nitrogens with one attached hydrogen (secondary N) is 1. The zero-order valence-corrected chi connectivity index (χ0v) is 12.7. The van der Waals surface area contributed by atoms with Crippen LogP contribution >= 0.6 is 0 Å². The number of sulfonamides is 1. The van der Waals surface area contributed by atoms with Crippen LogP contribution in [0.4, 0.5) is 5.69 Å². The highest BCUT2D eigenvalue weighted by Gasteiger charge is 2.13. The van der Waals surface area contributed by atoms with E-state index in [2.05, 4.69) is 5.32 Å². The molecule has 114 valence electrons. The summed E-state index contributed by atoms with van der Waals surface area (Å²) in [5.41, 5.74) is 0.677. The number of furan rings is 1. The molecule has 1 aromatic heterocycles. The van der Waals surface area contributed by atoms with Crippen molar-refractivity contribution >= 4 is 25.5 Å². The van der Waals surface area contributed by atoms with E-state index in [0.29, 0.717) is 11.4 Å². The summed E-state index contributed by atoms with van der Waals surface area (Å²) in [4.78, 5) is 0.225. The Balaban J connectivity index is 2.05. The van der Waals surface area contributed by atoms with Crippen LogP contribution in [0.1, 0.15) is 5.76 Å². The van der Waals surface area contributed by atoms with Gasteiger partial charge in [-0.05, 0) is 36.4 Å². The molecule has 1 aromatic carbocycles. The maximum atomic E-state index is 11.3. The minimum atomic E-state index is -3.85. The van der Waals surface area contributed by atoms with E-state index in [1.54, 1.807) is 12.1 Å². The van der Waals surface area contributed by atoms with E-state index in [0.717, 1.165) is 6.26 Å². The Morgan fingerprint density at radius 2 is 1.67 bits per heavy atom. The summed E-state index contributed by atoms with van der Waals surface area (Å²) in [5, 5.41) is 7.62. The van der Waals surface area contributed by atoms with Crippen LogP contribution in [0.3, 0.4) is 0 Å². The smallest absolute Gasteiger partial charge is 0.271 e. The quantitative estimate of drug-likeness (QED) is 0.842. The Labute approximate surface area is 122 Å². The summed E-state index contributed by atoms with van der Waals surface area (Å²) >= 11 is 0. The van der Waals surface area contributed by atoms with Crippen LogP contribution in [0.25, 0.3) is 0 Å². The van der Waals surface area contributed by atoms with Crippen LogP contribution in [0.5, 0.6) is 0 Å². The van der Waals surface area contributed by atoms with Gasteiger partial charge in [0.25, 0.3) is 10.0 Å². The monoisotopic (exact) mass is 330 g/mol. The third kappa shape index (κ3) is 4.06. The molecule has 2 aromatic rings. The molecule has 7 nitrogen and oxygen atoms in total. The van der Waals surface area contributed by atoms with Crippen molar-refractivity contribution in [2.45, 2.75) is 16.5 Å². The zero-order chi connectivity index (χ0) is 15.7. The zero-order valence-electron chi connectivity index (χ0n) is 11.1. The molecule has 9 heteroatoms. The third-order valence-corrected chi connectivity index (χ3v) is 4.58. The van der Waals surface area contributed by atoms with Gasteiger partial charge >= 0.3 is 0 Å². The lowest BCUT2D eigenvalue weighted by molar-refractivity contribution is 0.419. The molecule has 0 saturated heterocycles. The number of nitrogens with two attached hydrogens (primary N) is 1. The van der Waals surface area contributed by atoms with Gasteiger partial charge in [0, 0.05) is 11.9 Å². The number of rotatable bonds is 5. The lowest BCUT2D eigenvalue weighted by atomic mass is 10.3. The number of hydrogen-bond acceptors (Lipinski definition) is 6. The molecular weight excluding hydrogens is 316 g/mol. The molecule has 0 radical (unpaired) electrons. The Bertz CT molecular complexity index is 836. The van der Waals surface area contributed by atoms with Crippen molar-refractivity contribution in [2.24, 2.45) is 5.14 Å². The first-order valence-electron chi connectivity index (χ1n) is 5.82. The van der Waals surface area contributed by atoms with Crippen molar-refractivity contribution in [3.05, 3.63) is 42.2 Å². The summed E-state index contributed by atoms with van der Waals surface area (Å²) in [6.07, 6.45) is 1.13. The van der Waals surface area contributed by atoms with Crippen LogP contribution in [0.15, 0.2) is 50.8 Å². The number of benzene rings is 1. The van der Waals surface area contributed by atoms with E-state index >= 15 is 0 Å². The van der Waals surface area contributed by atoms with Crippen molar-refractivity contribution in [3.63, 3.8) is 0 Å². The van der Waals surface area contributed by atoms with Crippen LogP contribution in [-0.4, -0.2) is 23.1 Å². The van der Waals surface area contributed by atoms with Crippen LogP contribution < -0.4 is 10.5 Å². The minimum Gasteiger partial charge on any atom is -0.446 e. The molecule has 0 aliphatic rings. The van der Waals surface area contributed by atoms with Gasteiger partial charge in [-0.15, -0.1) is 0 Å². The second-order valence-electron chi connectivity index (χ2n) is 4.42. The van der Waals surface area contributed by atoms with E-state index in [4.69, 9.17) is 9.56 Å². The van der Waals surface area contributed by atoms with Gasteiger partial charge in [0.05, 0.1) is 11.4 Å². The van der Waals surface area contributed by atoms with E-state index in [9.17, 15) is 16.8 Å². The molecule has 0 atom stereocenters. The Morgan fingerprint density at radius 3 is 2.14 bits per heavy atom. The van der Waals surface area contributed by atoms with Crippen molar-refractivity contribution < 1.29 is 21.3 Å². The summed E-state index contributed by atoms with van der Waals surface area (Å²) in [6, 6.07) is 8.96. The summed E-state index contributed by atoms with van der Waals surface area (Å²) in [6.45, 7) is 0.244. The Hall–Kier alpha value is -1.84. The van der Waals surface area contributed by atoms with Gasteiger partial charge in [0.15, 0.2) is 9.84 Å². The molecule has 0 aliphatic heterocycles. The van der Waals surface area contributed by atoms with E-state index in [-0.39, 0.29) is 16.5 Å². The van der Waals surface area contributed by atoms with Gasteiger partial charge in [0.2, 0.25) is 5.09 Å². The van der Waals surface area contributed by atoms with Crippen molar-refractivity contribution in [3.8, 4) is 0 Å². The Morgan fingerprint density at radius 1 is 1.05 bits per heavy atom. The molecule has 0 saturated carbocycles. The van der Waals surface area contributed by atoms with Gasteiger partial charge in [-0.3, -0.25) is 0 Å². The molecule has 0 amide bonds. The molecule has 21 heavy (non-hydrogen) atoms. The predicted molar refractivity (Wildman–Crippen MR) is 77.0 cm³/mol. The second kappa shape index (κ2) is 5.51. The molecule has 0 bridgehead atoms. The lowest BCUT2D eigenvalue weighted by Gasteiger charge is -2.05. The van der Waals surface area contributed by atoms with Gasteiger partial charge in [0.1, 0.15) is 5.76 Å². The largest absolute Gasteiger partial charge is 0.446 e. The van der Waals surface area contributed by atoms with Gasteiger partial charge in [-0.2, -0.15) is 0 Å². The predicted octanol–water partition coefficient (Wildman–Crippen LogP) is 0.943. The van der Waals surface area contributed by atoms with Crippen molar-refractivity contribution in [1.29, 1.82) is 0 Å². The fourth-order valence-corrected chi connectivity index (χ4v) is 2.73. The molecule has 3 N–H and O–H groups in total. The Kier molecular flexibility index (Phi) is 4.08. The van der Waals surface area contributed by atoms with E-state index in [1.807, 2.05) is 0 Å². The van der Waals surface area contributed by atoms with Crippen LogP contribution in [-0.2, 0) is 26.4 Å². The summed E-state index contributed by atoms with van der Waals surface area (Å²) in [5.74, 6) is 0.395. The van der Waals surface area contributed by atoms with Crippen LogP contribution in [0.2, 0.25) is 0 Å². The average molecular weight is 330 g/mol. The highest BCUT2D eigenvalue weighted by Crippen LogP contribution is 2.16. The summed E-state index contributed by atoms with van der Waals surface area (Å²) in [7, 11) is -7.07. The van der Waals surface area contributed by atoms with Gasteiger partial charge in [-0.1, -0.05) is 0 Å². The maximum absolute atomic E-state index is 11.3. The fraction of sp³-hybridized carbons (Fsp3) is 0.167. The van der Waals surface area contributed by atoms with Crippen molar-refractivity contribution in [1.82, 2.24) is 0 Å². The summed E-state index contributed by atoms with van der Waals surface area (Å²) < 4.78 is 49.8. The number of anilines is 1. The molecule has 0 unspecified atom stereocenters. The molecule has 0 aliphatic carbocycles. The molecule has 0 spiro atoms. The van der Waals surface area contributed by atoms with Gasteiger partial charge in [-0.25, -0.2) is 22.0 Å². The minimum absolute atomic E-state index is 0.225. The first-order valence-corrected chi connectivity index (χ1v) is 9.25. The standard InChI is InChI=1S/C12H14N2O5S2/c1-20(15,16)11-5-2-9(3-6-11)14-8-10-4-7-12(19-10)21(13,17)18/h2-7,14H,8H2,1H3,(H2,13,17,18). The third-order valence-electron chi connectivity index (χ3n) is 2.67. The normalized spacial score (nSPS) is 12.3. The first-order chi connectivity index (χ1) is 9.66. The van der Waals surface area contributed by atoms with E-state index < -0.39 is 19.9 Å².